The predicted octanol–water partition coefficient (Wildman–Crippen LogP) is 5.64. The van der Waals surface area contributed by atoms with Crippen molar-refractivity contribution in [2.75, 3.05) is 7.11 Å². The number of allylic oxidation sites excluding steroid dienone is 3. The standard InChI is InChI=1S/C30H33NO5/c1-18-27(30(34)36-22-11-7-4-8-12-22)28(20-13-14-24(32)26(17-20)35-2)29-23(31-18)15-21(16-25(29)33)19-9-5-3-6-10-19/h3,5-6,9-10,13-14,17,21-22,28,31-32H,4,7-8,11-12,15-16H2,1-2H3/t21-,28+/m1/s1. The summed E-state index contributed by atoms with van der Waals surface area (Å²) in [6.07, 6.45) is 5.98. The van der Waals surface area contributed by atoms with Crippen LogP contribution in [0.2, 0.25) is 0 Å². The molecule has 2 atom stereocenters. The zero-order valence-electron chi connectivity index (χ0n) is 20.9. The Hall–Kier alpha value is -3.54. The molecule has 2 aromatic carbocycles. The number of phenols is 1. The highest BCUT2D eigenvalue weighted by Crippen LogP contribution is 2.47. The number of esters is 1. The first-order valence-electron chi connectivity index (χ1n) is 12.8. The molecule has 2 aliphatic carbocycles. The van der Waals surface area contributed by atoms with E-state index in [1.54, 1.807) is 18.2 Å². The van der Waals surface area contributed by atoms with Gasteiger partial charge in [0.2, 0.25) is 0 Å². The molecule has 3 aliphatic rings. The van der Waals surface area contributed by atoms with Gasteiger partial charge in [0.05, 0.1) is 12.7 Å². The summed E-state index contributed by atoms with van der Waals surface area (Å²) in [5, 5.41) is 13.6. The topological polar surface area (TPSA) is 84.9 Å². The van der Waals surface area contributed by atoms with Crippen molar-refractivity contribution in [3.63, 3.8) is 0 Å². The first-order chi connectivity index (χ1) is 17.5. The molecule has 1 saturated carbocycles. The van der Waals surface area contributed by atoms with E-state index in [1.165, 1.54) is 13.5 Å². The minimum absolute atomic E-state index is 0.00975. The Morgan fingerprint density at radius 2 is 1.75 bits per heavy atom. The van der Waals surface area contributed by atoms with Crippen LogP contribution in [-0.4, -0.2) is 30.1 Å². The highest BCUT2D eigenvalue weighted by atomic mass is 16.5. The average molecular weight is 488 g/mol. The number of methoxy groups -OCH3 is 1. The largest absolute Gasteiger partial charge is 0.504 e. The third-order valence-electron chi connectivity index (χ3n) is 7.68. The summed E-state index contributed by atoms with van der Waals surface area (Å²) in [5.74, 6) is -0.565. The molecule has 0 saturated heterocycles. The zero-order valence-corrected chi connectivity index (χ0v) is 20.9. The Labute approximate surface area is 212 Å². The number of carbonyl (C=O) groups excluding carboxylic acids is 2. The lowest BCUT2D eigenvalue weighted by Gasteiger charge is -2.37. The van der Waals surface area contributed by atoms with Crippen molar-refractivity contribution in [2.45, 2.75) is 69.8 Å². The van der Waals surface area contributed by atoms with Crippen LogP contribution in [0.4, 0.5) is 0 Å². The smallest absolute Gasteiger partial charge is 0.337 e. The summed E-state index contributed by atoms with van der Waals surface area (Å²) in [6.45, 7) is 1.88. The lowest BCUT2D eigenvalue weighted by atomic mass is 9.71. The van der Waals surface area contributed by atoms with E-state index >= 15 is 0 Å². The van der Waals surface area contributed by atoms with Gasteiger partial charge < -0.3 is 19.9 Å². The fourth-order valence-corrected chi connectivity index (χ4v) is 5.88. The maximum atomic E-state index is 13.7. The summed E-state index contributed by atoms with van der Waals surface area (Å²) in [4.78, 5) is 27.3. The van der Waals surface area contributed by atoms with E-state index in [-0.39, 0.29) is 29.5 Å². The van der Waals surface area contributed by atoms with Crippen LogP contribution in [0.3, 0.4) is 0 Å². The van der Waals surface area contributed by atoms with E-state index in [0.29, 0.717) is 35.4 Å². The van der Waals surface area contributed by atoms with Gasteiger partial charge in [0.15, 0.2) is 17.3 Å². The van der Waals surface area contributed by atoms with Crippen LogP contribution in [0.15, 0.2) is 71.1 Å². The van der Waals surface area contributed by atoms with E-state index in [4.69, 9.17) is 9.47 Å². The molecule has 1 aliphatic heterocycles. The molecule has 5 rings (SSSR count). The normalized spacial score (nSPS) is 22.7. The van der Waals surface area contributed by atoms with Crippen molar-refractivity contribution in [3.8, 4) is 11.5 Å². The predicted molar refractivity (Wildman–Crippen MR) is 137 cm³/mol. The van der Waals surface area contributed by atoms with Gasteiger partial charge >= 0.3 is 5.97 Å². The molecule has 0 spiro atoms. The molecular weight excluding hydrogens is 454 g/mol. The fourth-order valence-electron chi connectivity index (χ4n) is 5.88. The van der Waals surface area contributed by atoms with Gasteiger partial charge in [0.1, 0.15) is 6.10 Å². The Morgan fingerprint density at radius 3 is 2.47 bits per heavy atom. The molecule has 0 bridgehead atoms. The third-order valence-corrected chi connectivity index (χ3v) is 7.68. The third kappa shape index (κ3) is 4.64. The fraction of sp³-hybridized carbons (Fsp3) is 0.400. The molecule has 188 valence electrons. The maximum absolute atomic E-state index is 13.7. The number of carbonyl (C=O) groups is 2. The van der Waals surface area contributed by atoms with Crippen molar-refractivity contribution in [3.05, 3.63) is 82.2 Å². The van der Waals surface area contributed by atoms with Crippen molar-refractivity contribution in [1.82, 2.24) is 5.32 Å². The van der Waals surface area contributed by atoms with Crippen LogP contribution in [0, 0.1) is 0 Å². The molecule has 1 heterocycles. The van der Waals surface area contributed by atoms with E-state index in [9.17, 15) is 14.7 Å². The number of phenolic OH excluding ortho intramolecular Hbond substituents is 1. The monoisotopic (exact) mass is 487 g/mol. The minimum atomic E-state index is -0.587. The highest BCUT2D eigenvalue weighted by Gasteiger charge is 2.42. The van der Waals surface area contributed by atoms with Gasteiger partial charge in [-0.2, -0.15) is 0 Å². The number of aromatic hydroxyl groups is 1. The number of rotatable bonds is 5. The lowest BCUT2D eigenvalue weighted by Crippen LogP contribution is -2.37. The van der Waals surface area contributed by atoms with Crippen molar-refractivity contribution >= 4 is 11.8 Å². The molecule has 6 heteroatoms. The summed E-state index contributed by atoms with van der Waals surface area (Å²) < 4.78 is 11.3. The summed E-state index contributed by atoms with van der Waals surface area (Å²) in [7, 11) is 1.49. The van der Waals surface area contributed by atoms with Gasteiger partial charge in [-0.1, -0.05) is 42.8 Å². The average Bonchev–Trinajstić information content (AvgIpc) is 2.89. The molecule has 0 amide bonds. The van der Waals surface area contributed by atoms with Crippen LogP contribution in [0.25, 0.3) is 0 Å². The van der Waals surface area contributed by atoms with Gasteiger partial charge in [-0.05, 0) is 68.2 Å². The number of hydrogen-bond donors (Lipinski definition) is 2. The minimum Gasteiger partial charge on any atom is -0.504 e. The molecule has 0 radical (unpaired) electrons. The van der Waals surface area contributed by atoms with Crippen molar-refractivity contribution in [1.29, 1.82) is 0 Å². The number of hydrogen-bond acceptors (Lipinski definition) is 6. The van der Waals surface area contributed by atoms with Gasteiger partial charge in [-0.25, -0.2) is 4.79 Å². The van der Waals surface area contributed by atoms with E-state index in [0.717, 1.165) is 42.5 Å². The number of Topliss-reactive ketones (excluding diaryl/α,β-unsaturated/α-hetero) is 1. The van der Waals surface area contributed by atoms with Gasteiger partial charge in [-0.15, -0.1) is 0 Å². The maximum Gasteiger partial charge on any atom is 0.337 e. The van der Waals surface area contributed by atoms with Crippen LogP contribution < -0.4 is 10.1 Å². The summed E-state index contributed by atoms with van der Waals surface area (Å²) in [6, 6.07) is 15.1. The zero-order chi connectivity index (χ0) is 25.2. The van der Waals surface area contributed by atoms with Gasteiger partial charge in [0, 0.05) is 29.3 Å². The Balaban J connectivity index is 1.56. The van der Waals surface area contributed by atoms with Gasteiger partial charge in [-0.3, -0.25) is 4.79 Å². The van der Waals surface area contributed by atoms with Crippen LogP contribution >= 0.6 is 0 Å². The first kappa shape index (κ1) is 24.2. The SMILES string of the molecule is COc1cc([C@H]2C(C(=O)OC3CCCCC3)=C(C)NC3=C2C(=O)C[C@H](c2ccccc2)C3)ccc1O. The molecule has 6 nitrogen and oxygen atoms in total. The van der Waals surface area contributed by atoms with Crippen molar-refractivity contribution in [2.24, 2.45) is 0 Å². The number of ether oxygens (including phenoxy) is 2. The molecule has 36 heavy (non-hydrogen) atoms. The molecule has 1 fully saturated rings. The number of dihydropyridines is 1. The lowest BCUT2D eigenvalue weighted by molar-refractivity contribution is -0.146. The van der Waals surface area contributed by atoms with Gasteiger partial charge in [0.25, 0.3) is 0 Å². The molecule has 0 unspecified atom stereocenters. The molecular formula is C30H33NO5. The Bertz CT molecular complexity index is 1220. The van der Waals surface area contributed by atoms with Crippen LogP contribution in [0.1, 0.15) is 74.8 Å². The Kier molecular flexibility index (Phi) is 6.86. The quantitative estimate of drug-likeness (QED) is 0.531. The number of ketones is 1. The molecule has 2 N–H and O–H groups in total. The first-order valence-corrected chi connectivity index (χ1v) is 12.8. The summed E-state index contributed by atoms with van der Waals surface area (Å²) in [5.41, 5.74) is 4.47. The van der Waals surface area contributed by atoms with Crippen LogP contribution in [-0.2, 0) is 14.3 Å². The van der Waals surface area contributed by atoms with E-state index in [2.05, 4.69) is 17.4 Å². The second-order valence-corrected chi connectivity index (χ2v) is 10.0. The van der Waals surface area contributed by atoms with Crippen LogP contribution in [0.5, 0.6) is 11.5 Å². The van der Waals surface area contributed by atoms with E-state index < -0.39 is 5.92 Å². The summed E-state index contributed by atoms with van der Waals surface area (Å²) >= 11 is 0. The van der Waals surface area contributed by atoms with Crippen molar-refractivity contribution < 1.29 is 24.2 Å². The van der Waals surface area contributed by atoms with E-state index in [1.807, 2.05) is 25.1 Å². The number of nitrogens with one attached hydrogen (secondary N) is 1. The second-order valence-electron chi connectivity index (χ2n) is 10.0. The highest BCUT2D eigenvalue weighted by molar-refractivity contribution is 6.04. The number of benzene rings is 2. The second kappa shape index (κ2) is 10.2. The molecule has 0 aromatic heterocycles. The Morgan fingerprint density at radius 1 is 1.00 bits per heavy atom. The molecule has 2 aromatic rings.